The Balaban J connectivity index is 1.22. The number of amides is 1. The zero-order chi connectivity index (χ0) is 19.8. The number of hydrogen-bond acceptors (Lipinski definition) is 5. The van der Waals surface area contributed by atoms with Gasteiger partial charge in [0.15, 0.2) is 11.6 Å². The summed E-state index contributed by atoms with van der Waals surface area (Å²) in [5, 5.41) is 13.4. The van der Waals surface area contributed by atoms with Crippen molar-refractivity contribution in [3.8, 4) is 11.4 Å². The van der Waals surface area contributed by atoms with E-state index in [0.29, 0.717) is 30.3 Å². The zero-order valence-electron chi connectivity index (χ0n) is 16.1. The Hall–Kier alpha value is -2.93. The van der Waals surface area contributed by atoms with Crippen molar-refractivity contribution < 1.29 is 14.3 Å². The van der Waals surface area contributed by atoms with Crippen molar-refractivity contribution in [1.82, 2.24) is 19.9 Å². The van der Waals surface area contributed by atoms with Gasteiger partial charge in [0.1, 0.15) is 12.1 Å². The molecule has 3 aromatic rings. The maximum absolute atomic E-state index is 12.5. The number of aliphatic hydroxyl groups is 1. The van der Waals surface area contributed by atoms with Crippen molar-refractivity contribution in [3.63, 3.8) is 0 Å². The van der Waals surface area contributed by atoms with Gasteiger partial charge in [-0.3, -0.25) is 4.79 Å². The number of carbonyl (C=O) groups is 1. The molecule has 0 spiro atoms. The molecule has 2 fully saturated rings. The second kappa shape index (κ2) is 7.48. The highest BCUT2D eigenvalue weighted by Crippen LogP contribution is 2.39. The fraction of sp³-hybridized carbons (Fsp3) is 0.409. The molecule has 7 heteroatoms. The summed E-state index contributed by atoms with van der Waals surface area (Å²) in [7, 11) is 0. The molecule has 2 aliphatic carbocycles. The van der Waals surface area contributed by atoms with Crippen LogP contribution in [0.15, 0.2) is 53.4 Å². The Morgan fingerprint density at radius 1 is 1.24 bits per heavy atom. The quantitative estimate of drug-likeness (QED) is 0.673. The molecule has 150 valence electrons. The average Bonchev–Trinajstić information content (AvgIpc) is 3.13. The van der Waals surface area contributed by atoms with Crippen molar-refractivity contribution in [3.05, 3.63) is 60.6 Å². The van der Waals surface area contributed by atoms with Gasteiger partial charge in [0.25, 0.3) is 5.91 Å². The lowest BCUT2D eigenvalue weighted by Gasteiger charge is -2.15. The van der Waals surface area contributed by atoms with Gasteiger partial charge in [-0.05, 0) is 31.6 Å². The first-order chi connectivity index (χ1) is 14.2. The number of nitrogens with one attached hydrogen (secondary N) is 1. The molecule has 0 bridgehead atoms. The smallest absolute Gasteiger partial charge is 0.273 e. The largest absolute Gasteiger partial charge is 0.448 e. The van der Waals surface area contributed by atoms with Crippen LogP contribution in [0, 0.1) is 5.92 Å². The summed E-state index contributed by atoms with van der Waals surface area (Å²) in [5.74, 6) is 1.91. The van der Waals surface area contributed by atoms with E-state index in [1.54, 1.807) is 6.20 Å². The monoisotopic (exact) mass is 392 g/mol. The molecule has 3 atom stereocenters. The lowest BCUT2D eigenvalue weighted by Crippen LogP contribution is -2.40. The van der Waals surface area contributed by atoms with Gasteiger partial charge in [-0.25, -0.2) is 9.97 Å². The van der Waals surface area contributed by atoms with E-state index in [-0.39, 0.29) is 17.9 Å². The van der Waals surface area contributed by atoms with Gasteiger partial charge in [0, 0.05) is 30.4 Å². The molecule has 7 nitrogen and oxygen atoms in total. The standard InChI is InChI=1S/C22H24N4O3/c27-19-11-14(12-26-9-8-23-20(26)15-4-2-1-3-5-15)10-17(19)24-21(28)18-13-29-22(25-18)16-6-7-16/h1-5,8-9,13-14,16-17,19,27H,6-7,10-12H2,(H,24,28)/t14?,17-,19-/m1/s1. The molecule has 1 amide bonds. The van der Waals surface area contributed by atoms with Crippen LogP contribution in [0.2, 0.25) is 0 Å². The molecular formula is C22H24N4O3. The van der Waals surface area contributed by atoms with Crippen molar-refractivity contribution >= 4 is 5.91 Å². The van der Waals surface area contributed by atoms with Crippen LogP contribution in [-0.4, -0.2) is 37.7 Å². The minimum absolute atomic E-state index is 0.256. The number of aliphatic hydroxyl groups excluding tert-OH is 1. The van der Waals surface area contributed by atoms with E-state index in [1.165, 1.54) is 6.26 Å². The van der Waals surface area contributed by atoms with Gasteiger partial charge in [0.2, 0.25) is 0 Å². The fourth-order valence-electron chi connectivity index (χ4n) is 4.16. The SMILES string of the molecule is O=C(N[C@@H]1CC(Cn2ccnc2-c2ccccc2)C[C@H]1O)c1coc(C2CC2)n1. The lowest BCUT2D eigenvalue weighted by molar-refractivity contribution is 0.0868. The van der Waals surface area contributed by atoms with Gasteiger partial charge in [-0.2, -0.15) is 0 Å². The van der Waals surface area contributed by atoms with Crippen LogP contribution in [0.3, 0.4) is 0 Å². The molecule has 0 radical (unpaired) electrons. The summed E-state index contributed by atoms with van der Waals surface area (Å²) in [6.07, 6.45) is 8.12. The fourth-order valence-corrected chi connectivity index (χ4v) is 4.16. The third-order valence-electron chi connectivity index (χ3n) is 5.83. The number of nitrogens with zero attached hydrogens (tertiary/aromatic N) is 3. The minimum atomic E-state index is -0.567. The predicted molar refractivity (Wildman–Crippen MR) is 106 cm³/mol. The molecule has 29 heavy (non-hydrogen) atoms. The number of rotatable bonds is 6. The van der Waals surface area contributed by atoms with Crippen LogP contribution >= 0.6 is 0 Å². The van der Waals surface area contributed by atoms with Crippen LogP contribution in [0.4, 0.5) is 0 Å². The number of oxazole rings is 1. The van der Waals surface area contributed by atoms with E-state index >= 15 is 0 Å². The van der Waals surface area contributed by atoms with Crippen LogP contribution in [-0.2, 0) is 6.54 Å². The molecule has 2 aliphatic rings. The van der Waals surface area contributed by atoms with Crippen LogP contribution in [0.5, 0.6) is 0 Å². The Kier molecular flexibility index (Phi) is 4.67. The van der Waals surface area contributed by atoms with Crippen molar-refractivity contribution in [1.29, 1.82) is 0 Å². The van der Waals surface area contributed by atoms with Gasteiger partial charge < -0.3 is 19.4 Å². The van der Waals surface area contributed by atoms with E-state index in [1.807, 2.05) is 36.5 Å². The summed E-state index contributed by atoms with van der Waals surface area (Å²) < 4.78 is 7.52. The van der Waals surface area contributed by atoms with E-state index in [9.17, 15) is 9.90 Å². The molecule has 0 aliphatic heterocycles. The highest BCUT2D eigenvalue weighted by Gasteiger charge is 2.35. The summed E-state index contributed by atoms with van der Waals surface area (Å²) in [6.45, 7) is 0.753. The Morgan fingerprint density at radius 2 is 2.07 bits per heavy atom. The molecule has 2 heterocycles. The second-order valence-electron chi connectivity index (χ2n) is 8.10. The summed E-state index contributed by atoms with van der Waals surface area (Å²) in [5.41, 5.74) is 1.36. The molecule has 1 aromatic carbocycles. The number of aromatic nitrogens is 3. The van der Waals surface area contributed by atoms with Crippen LogP contribution in [0.1, 0.15) is 48.0 Å². The molecule has 2 aromatic heterocycles. The first-order valence-electron chi connectivity index (χ1n) is 10.2. The van der Waals surface area contributed by atoms with Gasteiger partial charge in [-0.1, -0.05) is 30.3 Å². The highest BCUT2D eigenvalue weighted by molar-refractivity contribution is 5.92. The lowest BCUT2D eigenvalue weighted by atomic mass is 10.1. The van der Waals surface area contributed by atoms with Gasteiger partial charge >= 0.3 is 0 Å². The maximum atomic E-state index is 12.5. The van der Waals surface area contributed by atoms with E-state index in [2.05, 4.69) is 19.9 Å². The maximum Gasteiger partial charge on any atom is 0.273 e. The molecule has 2 saturated carbocycles. The molecular weight excluding hydrogens is 368 g/mol. The summed E-state index contributed by atoms with van der Waals surface area (Å²) >= 11 is 0. The first-order valence-corrected chi connectivity index (χ1v) is 10.2. The molecule has 5 rings (SSSR count). The van der Waals surface area contributed by atoms with Crippen molar-refractivity contribution in [2.75, 3.05) is 0 Å². The van der Waals surface area contributed by atoms with Crippen LogP contribution < -0.4 is 5.32 Å². The Labute approximate surface area is 168 Å². The number of carbonyl (C=O) groups excluding carboxylic acids is 1. The minimum Gasteiger partial charge on any atom is -0.448 e. The number of benzene rings is 1. The Morgan fingerprint density at radius 3 is 2.86 bits per heavy atom. The number of hydrogen-bond donors (Lipinski definition) is 2. The van der Waals surface area contributed by atoms with E-state index in [0.717, 1.165) is 30.8 Å². The Bertz CT molecular complexity index is 992. The third kappa shape index (κ3) is 3.82. The summed E-state index contributed by atoms with van der Waals surface area (Å²) in [4.78, 5) is 21.3. The number of imidazole rings is 1. The van der Waals surface area contributed by atoms with Gasteiger partial charge in [0.05, 0.1) is 12.1 Å². The normalized spacial score (nSPS) is 24.0. The average molecular weight is 392 g/mol. The molecule has 0 saturated heterocycles. The predicted octanol–water partition coefficient (Wildman–Crippen LogP) is 2.99. The van der Waals surface area contributed by atoms with Crippen molar-refractivity contribution in [2.24, 2.45) is 5.92 Å². The topological polar surface area (TPSA) is 93.2 Å². The first kappa shape index (κ1) is 18.1. The van der Waals surface area contributed by atoms with E-state index in [4.69, 9.17) is 4.42 Å². The summed E-state index contributed by atoms with van der Waals surface area (Å²) in [6, 6.07) is 9.78. The second-order valence-corrected chi connectivity index (χ2v) is 8.10. The van der Waals surface area contributed by atoms with Crippen molar-refractivity contribution in [2.45, 2.75) is 50.3 Å². The van der Waals surface area contributed by atoms with Crippen LogP contribution in [0.25, 0.3) is 11.4 Å². The third-order valence-corrected chi connectivity index (χ3v) is 5.83. The molecule has 1 unspecified atom stereocenters. The molecule has 2 N–H and O–H groups in total. The van der Waals surface area contributed by atoms with E-state index < -0.39 is 6.10 Å². The highest BCUT2D eigenvalue weighted by atomic mass is 16.3. The zero-order valence-corrected chi connectivity index (χ0v) is 16.1. The van der Waals surface area contributed by atoms with Gasteiger partial charge in [-0.15, -0.1) is 0 Å².